The number of rotatable bonds is 4. The Morgan fingerprint density at radius 3 is 2.54 bits per heavy atom. The molecule has 2 atom stereocenters. The molecule has 0 saturated carbocycles. The number of ether oxygens (including phenoxy) is 2. The predicted octanol–water partition coefficient (Wildman–Crippen LogP) is 2.36. The van der Waals surface area contributed by atoms with Gasteiger partial charge >= 0.3 is 11.9 Å². The van der Waals surface area contributed by atoms with Gasteiger partial charge in [0.25, 0.3) is 0 Å². The SMILES string of the molecule is CCOC(=O)C1C(C)=NC=C(Cl)C1(C)N1CCC(C(=O)OC)CC1. The van der Waals surface area contributed by atoms with E-state index >= 15 is 0 Å². The third-order valence-corrected chi connectivity index (χ3v) is 5.53. The first-order chi connectivity index (χ1) is 11.4. The van der Waals surface area contributed by atoms with Gasteiger partial charge in [-0.2, -0.15) is 0 Å². The molecule has 0 bridgehead atoms. The third kappa shape index (κ3) is 3.35. The molecule has 2 unspecified atom stereocenters. The second-order valence-electron chi connectivity index (χ2n) is 6.36. The Bertz CT molecular complexity index is 567. The van der Waals surface area contributed by atoms with Gasteiger partial charge in [-0.1, -0.05) is 11.6 Å². The van der Waals surface area contributed by atoms with E-state index in [1.165, 1.54) is 7.11 Å². The molecule has 6 nitrogen and oxygen atoms in total. The zero-order valence-electron chi connectivity index (χ0n) is 14.7. The summed E-state index contributed by atoms with van der Waals surface area (Å²) in [7, 11) is 1.41. The first kappa shape index (κ1) is 18.9. The lowest BCUT2D eigenvalue weighted by Gasteiger charge is -2.48. The van der Waals surface area contributed by atoms with Gasteiger partial charge in [-0.15, -0.1) is 0 Å². The van der Waals surface area contributed by atoms with Crippen molar-refractivity contribution in [1.82, 2.24) is 4.90 Å². The van der Waals surface area contributed by atoms with Gasteiger partial charge in [-0.25, -0.2) is 0 Å². The molecule has 2 aliphatic heterocycles. The molecule has 0 aliphatic carbocycles. The van der Waals surface area contributed by atoms with Gasteiger partial charge in [0, 0.05) is 11.9 Å². The maximum absolute atomic E-state index is 12.5. The molecule has 2 rings (SSSR count). The highest BCUT2D eigenvalue weighted by Gasteiger charge is 2.51. The highest BCUT2D eigenvalue weighted by atomic mass is 35.5. The largest absolute Gasteiger partial charge is 0.469 e. The Balaban J connectivity index is 2.24. The van der Waals surface area contributed by atoms with Crippen LogP contribution in [0.4, 0.5) is 0 Å². The molecule has 0 spiro atoms. The molecule has 0 aromatic rings. The lowest BCUT2D eigenvalue weighted by atomic mass is 9.77. The van der Waals surface area contributed by atoms with Gasteiger partial charge in [-0.05, 0) is 46.7 Å². The quantitative estimate of drug-likeness (QED) is 0.723. The van der Waals surface area contributed by atoms with Crippen molar-refractivity contribution in [3.8, 4) is 0 Å². The van der Waals surface area contributed by atoms with Gasteiger partial charge in [0.05, 0.1) is 30.2 Å². The summed E-state index contributed by atoms with van der Waals surface area (Å²) in [5, 5.41) is 0.516. The lowest BCUT2D eigenvalue weighted by Crippen LogP contribution is -2.60. The monoisotopic (exact) mass is 356 g/mol. The number of hydrogen-bond donors (Lipinski definition) is 0. The van der Waals surface area contributed by atoms with Crippen molar-refractivity contribution in [3.63, 3.8) is 0 Å². The van der Waals surface area contributed by atoms with Crippen molar-refractivity contribution in [3.05, 3.63) is 11.2 Å². The second kappa shape index (κ2) is 7.66. The van der Waals surface area contributed by atoms with Crippen molar-refractivity contribution >= 4 is 29.3 Å². The van der Waals surface area contributed by atoms with Crippen LogP contribution >= 0.6 is 11.6 Å². The lowest BCUT2D eigenvalue weighted by molar-refractivity contribution is -0.152. The summed E-state index contributed by atoms with van der Waals surface area (Å²) in [4.78, 5) is 30.7. The molecule has 2 heterocycles. The van der Waals surface area contributed by atoms with Gasteiger partial charge < -0.3 is 9.47 Å². The molecule has 2 aliphatic rings. The smallest absolute Gasteiger partial charge is 0.316 e. The highest BCUT2D eigenvalue weighted by molar-refractivity contribution is 6.32. The average molecular weight is 357 g/mol. The van der Waals surface area contributed by atoms with Crippen LogP contribution in [0.15, 0.2) is 16.2 Å². The summed E-state index contributed by atoms with van der Waals surface area (Å²) >= 11 is 6.50. The maximum atomic E-state index is 12.5. The highest BCUT2D eigenvalue weighted by Crippen LogP contribution is 2.41. The molecule has 0 radical (unpaired) electrons. The number of piperidine rings is 1. The topological polar surface area (TPSA) is 68.2 Å². The van der Waals surface area contributed by atoms with Crippen LogP contribution in [0.1, 0.15) is 33.6 Å². The number of methoxy groups -OCH3 is 1. The van der Waals surface area contributed by atoms with Crippen molar-refractivity contribution in [1.29, 1.82) is 0 Å². The van der Waals surface area contributed by atoms with Crippen LogP contribution in [0.25, 0.3) is 0 Å². The van der Waals surface area contributed by atoms with E-state index in [0.717, 1.165) is 0 Å². The van der Waals surface area contributed by atoms with E-state index in [-0.39, 0.29) is 17.9 Å². The first-order valence-corrected chi connectivity index (χ1v) is 8.64. The first-order valence-electron chi connectivity index (χ1n) is 8.26. The predicted molar refractivity (Wildman–Crippen MR) is 91.9 cm³/mol. The zero-order chi connectivity index (χ0) is 17.9. The molecule has 0 amide bonds. The Morgan fingerprint density at radius 1 is 1.38 bits per heavy atom. The molecular weight excluding hydrogens is 332 g/mol. The van der Waals surface area contributed by atoms with E-state index in [0.29, 0.717) is 43.3 Å². The molecular formula is C17H25ClN2O4. The van der Waals surface area contributed by atoms with E-state index in [4.69, 9.17) is 21.1 Å². The fourth-order valence-corrected chi connectivity index (χ4v) is 3.89. The van der Waals surface area contributed by atoms with Gasteiger partial charge in [0.2, 0.25) is 0 Å². The molecule has 0 aromatic heterocycles. The van der Waals surface area contributed by atoms with E-state index in [2.05, 4.69) is 9.89 Å². The van der Waals surface area contributed by atoms with E-state index in [1.807, 2.05) is 13.8 Å². The summed E-state index contributed by atoms with van der Waals surface area (Å²) < 4.78 is 10.1. The standard InChI is InChI=1S/C17H25ClN2O4/c1-5-24-16(22)14-11(2)19-10-13(18)17(14,3)20-8-6-12(7-9-20)15(21)23-4/h10,12,14H,5-9H2,1-4H3. The van der Waals surface area contributed by atoms with E-state index < -0.39 is 11.5 Å². The molecule has 134 valence electrons. The summed E-state index contributed by atoms with van der Waals surface area (Å²) in [5.74, 6) is -1.14. The molecule has 0 aromatic carbocycles. The number of carbonyl (C=O) groups is 2. The molecule has 0 N–H and O–H groups in total. The van der Waals surface area contributed by atoms with E-state index in [9.17, 15) is 9.59 Å². The normalized spacial score (nSPS) is 28.8. The average Bonchev–Trinajstić information content (AvgIpc) is 2.58. The molecule has 24 heavy (non-hydrogen) atoms. The zero-order valence-corrected chi connectivity index (χ0v) is 15.4. The maximum Gasteiger partial charge on any atom is 0.316 e. The Kier molecular flexibility index (Phi) is 6.04. The number of hydrogen-bond acceptors (Lipinski definition) is 6. The summed E-state index contributed by atoms with van der Waals surface area (Å²) in [6.07, 6.45) is 2.97. The summed E-state index contributed by atoms with van der Waals surface area (Å²) in [5.41, 5.74) is -0.0174. The minimum absolute atomic E-state index is 0.1000. The van der Waals surface area contributed by atoms with Crippen molar-refractivity contribution in [2.75, 3.05) is 26.8 Å². The van der Waals surface area contributed by atoms with Crippen LogP contribution in [-0.2, 0) is 19.1 Å². The van der Waals surface area contributed by atoms with E-state index in [1.54, 1.807) is 13.1 Å². The van der Waals surface area contributed by atoms with Gasteiger partial charge in [0.15, 0.2) is 0 Å². The number of likely N-dealkylation sites (tertiary alicyclic amines) is 1. The van der Waals surface area contributed by atoms with Crippen LogP contribution in [0.3, 0.4) is 0 Å². The number of esters is 2. The Morgan fingerprint density at radius 2 is 2.00 bits per heavy atom. The van der Waals surface area contributed by atoms with Crippen LogP contribution < -0.4 is 0 Å². The Hall–Kier alpha value is -1.40. The Labute approximate surface area is 147 Å². The van der Waals surface area contributed by atoms with Crippen molar-refractivity contribution < 1.29 is 19.1 Å². The second-order valence-corrected chi connectivity index (χ2v) is 6.77. The molecule has 1 fully saturated rings. The number of carbonyl (C=O) groups excluding carboxylic acids is 2. The minimum Gasteiger partial charge on any atom is -0.469 e. The molecule has 1 saturated heterocycles. The minimum atomic E-state index is -0.708. The van der Waals surface area contributed by atoms with Gasteiger partial charge in [0.1, 0.15) is 5.92 Å². The number of halogens is 1. The fourth-order valence-electron chi connectivity index (χ4n) is 3.61. The van der Waals surface area contributed by atoms with Crippen molar-refractivity contribution in [2.45, 2.75) is 39.2 Å². The number of aliphatic imine (C=N–C) groups is 1. The fraction of sp³-hybridized carbons (Fsp3) is 0.706. The van der Waals surface area contributed by atoms with Crippen LogP contribution in [-0.4, -0.2) is 54.9 Å². The van der Waals surface area contributed by atoms with Gasteiger partial charge in [-0.3, -0.25) is 19.5 Å². The summed E-state index contributed by atoms with van der Waals surface area (Å²) in [6.45, 7) is 7.17. The number of nitrogens with zero attached hydrogens (tertiary/aromatic N) is 2. The van der Waals surface area contributed by atoms with Crippen LogP contribution in [0, 0.1) is 11.8 Å². The van der Waals surface area contributed by atoms with Crippen molar-refractivity contribution in [2.24, 2.45) is 16.8 Å². The third-order valence-electron chi connectivity index (χ3n) is 5.05. The summed E-state index contributed by atoms with van der Waals surface area (Å²) in [6, 6.07) is 0. The van der Waals surface area contributed by atoms with Crippen LogP contribution in [0.2, 0.25) is 0 Å². The molecule has 7 heteroatoms. The van der Waals surface area contributed by atoms with Crippen LogP contribution in [0.5, 0.6) is 0 Å².